The molecular weight excluding hydrogens is 226 g/mol. The molecule has 0 saturated heterocycles. The maximum absolute atomic E-state index is 12.0. The summed E-state index contributed by atoms with van der Waals surface area (Å²) < 4.78 is 5.35. The third-order valence-electron chi connectivity index (χ3n) is 2.38. The van der Waals surface area contributed by atoms with Gasteiger partial charge in [0.1, 0.15) is 5.60 Å². The fourth-order valence-corrected chi connectivity index (χ4v) is 1.69. The van der Waals surface area contributed by atoms with Crippen LogP contribution in [0.3, 0.4) is 0 Å². The van der Waals surface area contributed by atoms with Crippen LogP contribution >= 0.6 is 0 Å². The van der Waals surface area contributed by atoms with E-state index >= 15 is 0 Å². The molecule has 0 saturated carbocycles. The first-order valence-electron chi connectivity index (χ1n) is 6.39. The molecule has 3 nitrogen and oxygen atoms in total. The average Bonchev–Trinajstić information content (AvgIpc) is 2.13. The highest BCUT2D eigenvalue weighted by molar-refractivity contribution is 5.90. The standard InChI is InChI=1S/C15H23NO2/c1-10(2)9-12-7-8-13(11(3)16-12)14(17)18-15(4,5)6/h7-8,10H,9H2,1-6H3. The smallest absolute Gasteiger partial charge is 0.340 e. The topological polar surface area (TPSA) is 39.2 Å². The molecule has 0 N–H and O–H groups in total. The van der Waals surface area contributed by atoms with Crippen LogP contribution in [0.5, 0.6) is 0 Å². The van der Waals surface area contributed by atoms with Crippen molar-refractivity contribution in [3.63, 3.8) is 0 Å². The molecule has 0 unspecified atom stereocenters. The van der Waals surface area contributed by atoms with Gasteiger partial charge in [-0.2, -0.15) is 0 Å². The number of ether oxygens (including phenoxy) is 1. The highest BCUT2D eigenvalue weighted by Crippen LogP contribution is 2.15. The molecule has 0 spiro atoms. The Balaban J connectivity index is 2.89. The van der Waals surface area contributed by atoms with Gasteiger partial charge in [-0.3, -0.25) is 4.98 Å². The Labute approximate surface area is 110 Å². The molecule has 3 heteroatoms. The summed E-state index contributed by atoms with van der Waals surface area (Å²) in [5.41, 5.74) is 1.84. The summed E-state index contributed by atoms with van der Waals surface area (Å²) in [5.74, 6) is 0.257. The SMILES string of the molecule is Cc1nc(CC(C)C)ccc1C(=O)OC(C)(C)C. The number of hydrogen-bond donors (Lipinski definition) is 0. The second kappa shape index (κ2) is 5.51. The zero-order valence-electron chi connectivity index (χ0n) is 12.2. The first kappa shape index (κ1) is 14.7. The monoisotopic (exact) mass is 249 g/mol. The lowest BCUT2D eigenvalue weighted by molar-refractivity contribution is 0.00682. The molecule has 0 bridgehead atoms. The van der Waals surface area contributed by atoms with E-state index in [0.717, 1.165) is 17.8 Å². The van der Waals surface area contributed by atoms with Gasteiger partial charge in [-0.15, -0.1) is 0 Å². The first-order valence-corrected chi connectivity index (χ1v) is 6.39. The molecule has 1 heterocycles. The number of esters is 1. The predicted octanol–water partition coefficient (Wildman–Crippen LogP) is 3.54. The maximum atomic E-state index is 12.0. The van der Waals surface area contributed by atoms with E-state index in [4.69, 9.17) is 4.74 Å². The molecule has 0 amide bonds. The van der Waals surface area contributed by atoms with Crippen LogP contribution in [0.2, 0.25) is 0 Å². The minimum absolute atomic E-state index is 0.302. The Morgan fingerprint density at radius 2 is 1.94 bits per heavy atom. The van der Waals surface area contributed by atoms with Crippen LogP contribution in [-0.2, 0) is 11.2 Å². The summed E-state index contributed by atoms with van der Waals surface area (Å²) in [6.07, 6.45) is 0.926. The zero-order chi connectivity index (χ0) is 13.9. The summed E-state index contributed by atoms with van der Waals surface area (Å²) in [4.78, 5) is 16.4. The van der Waals surface area contributed by atoms with Crippen LogP contribution < -0.4 is 0 Å². The number of rotatable bonds is 3. The summed E-state index contributed by atoms with van der Waals surface area (Å²) in [6.45, 7) is 11.7. The number of pyridine rings is 1. The average molecular weight is 249 g/mol. The van der Waals surface area contributed by atoms with Gasteiger partial charge in [-0.1, -0.05) is 13.8 Å². The number of hydrogen-bond acceptors (Lipinski definition) is 3. The van der Waals surface area contributed by atoms with Gasteiger partial charge in [0.2, 0.25) is 0 Å². The van der Waals surface area contributed by atoms with E-state index < -0.39 is 5.60 Å². The van der Waals surface area contributed by atoms with Crippen LogP contribution in [0.1, 0.15) is 56.4 Å². The second-order valence-corrected chi connectivity index (χ2v) is 6.04. The molecule has 1 rings (SSSR count). The Hall–Kier alpha value is -1.38. The van der Waals surface area contributed by atoms with Crippen molar-refractivity contribution in [1.82, 2.24) is 4.98 Å². The summed E-state index contributed by atoms with van der Waals surface area (Å²) in [5, 5.41) is 0. The van der Waals surface area contributed by atoms with Gasteiger partial charge in [-0.25, -0.2) is 4.79 Å². The van der Waals surface area contributed by atoms with E-state index in [1.807, 2.05) is 39.8 Å². The van der Waals surface area contributed by atoms with Crippen LogP contribution in [0.4, 0.5) is 0 Å². The maximum Gasteiger partial charge on any atom is 0.340 e. The molecule has 0 aliphatic heterocycles. The van der Waals surface area contributed by atoms with E-state index in [1.165, 1.54) is 0 Å². The van der Waals surface area contributed by atoms with Crippen LogP contribution in [-0.4, -0.2) is 16.6 Å². The largest absolute Gasteiger partial charge is 0.456 e. The number of carbonyl (C=O) groups is 1. The fraction of sp³-hybridized carbons (Fsp3) is 0.600. The van der Waals surface area contributed by atoms with E-state index in [-0.39, 0.29) is 5.97 Å². The van der Waals surface area contributed by atoms with Crippen molar-refractivity contribution in [3.8, 4) is 0 Å². The van der Waals surface area contributed by atoms with Crippen LogP contribution in [0, 0.1) is 12.8 Å². The van der Waals surface area contributed by atoms with E-state index in [2.05, 4.69) is 18.8 Å². The van der Waals surface area contributed by atoms with Gasteiger partial charge in [-0.05, 0) is 52.2 Å². The lowest BCUT2D eigenvalue weighted by Crippen LogP contribution is -2.24. The molecule has 0 radical (unpaired) electrons. The lowest BCUT2D eigenvalue weighted by atomic mass is 10.1. The van der Waals surface area contributed by atoms with Crippen molar-refractivity contribution < 1.29 is 9.53 Å². The Kier molecular flexibility index (Phi) is 4.49. The Morgan fingerprint density at radius 3 is 2.39 bits per heavy atom. The van der Waals surface area contributed by atoms with Crippen molar-refractivity contribution in [2.45, 2.75) is 53.6 Å². The van der Waals surface area contributed by atoms with Gasteiger partial charge < -0.3 is 4.74 Å². The third kappa shape index (κ3) is 4.47. The zero-order valence-corrected chi connectivity index (χ0v) is 12.2. The Bertz CT molecular complexity index is 431. The van der Waals surface area contributed by atoms with Crippen LogP contribution in [0.25, 0.3) is 0 Å². The molecule has 18 heavy (non-hydrogen) atoms. The fourth-order valence-electron chi connectivity index (χ4n) is 1.69. The van der Waals surface area contributed by atoms with E-state index in [9.17, 15) is 4.79 Å². The quantitative estimate of drug-likeness (QED) is 0.769. The van der Waals surface area contributed by atoms with Gasteiger partial charge in [0.05, 0.1) is 11.3 Å². The van der Waals surface area contributed by atoms with Gasteiger partial charge >= 0.3 is 5.97 Å². The summed E-state index contributed by atoms with van der Waals surface area (Å²) in [7, 11) is 0. The number of aryl methyl sites for hydroxylation is 1. The second-order valence-electron chi connectivity index (χ2n) is 6.04. The number of carbonyl (C=O) groups excluding carboxylic acids is 1. The minimum atomic E-state index is -0.472. The predicted molar refractivity (Wildman–Crippen MR) is 72.7 cm³/mol. The molecule has 1 aromatic heterocycles. The first-order chi connectivity index (χ1) is 8.19. The molecule has 0 atom stereocenters. The van der Waals surface area contributed by atoms with E-state index in [0.29, 0.717) is 11.5 Å². The summed E-state index contributed by atoms with van der Waals surface area (Å²) in [6, 6.07) is 3.72. The van der Waals surface area contributed by atoms with Gasteiger partial charge in [0.15, 0.2) is 0 Å². The highest BCUT2D eigenvalue weighted by atomic mass is 16.6. The van der Waals surface area contributed by atoms with Crippen molar-refractivity contribution >= 4 is 5.97 Å². The third-order valence-corrected chi connectivity index (χ3v) is 2.38. The molecule has 1 aromatic rings. The van der Waals surface area contributed by atoms with Crippen molar-refractivity contribution in [3.05, 3.63) is 29.1 Å². The number of nitrogens with zero attached hydrogens (tertiary/aromatic N) is 1. The normalized spacial score (nSPS) is 11.7. The highest BCUT2D eigenvalue weighted by Gasteiger charge is 2.19. The van der Waals surface area contributed by atoms with Crippen molar-refractivity contribution in [2.24, 2.45) is 5.92 Å². The molecule has 0 fully saturated rings. The Morgan fingerprint density at radius 1 is 1.33 bits per heavy atom. The summed E-state index contributed by atoms with van der Waals surface area (Å²) >= 11 is 0. The molecule has 0 aliphatic rings. The van der Waals surface area contributed by atoms with Crippen molar-refractivity contribution in [2.75, 3.05) is 0 Å². The lowest BCUT2D eigenvalue weighted by Gasteiger charge is -2.20. The molecule has 0 aliphatic carbocycles. The molecule has 0 aromatic carbocycles. The van der Waals surface area contributed by atoms with Gasteiger partial charge in [0.25, 0.3) is 0 Å². The molecular formula is C15H23NO2. The van der Waals surface area contributed by atoms with Gasteiger partial charge in [0, 0.05) is 5.69 Å². The van der Waals surface area contributed by atoms with Crippen molar-refractivity contribution in [1.29, 1.82) is 0 Å². The van der Waals surface area contributed by atoms with E-state index in [1.54, 1.807) is 0 Å². The molecule has 100 valence electrons. The minimum Gasteiger partial charge on any atom is -0.456 e. The number of aromatic nitrogens is 1. The van der Waals surface area contributed by atoms with Crippen LogP contribution in [0.15, 0.2) is 12.1 Å².